The molecular formula is C11H13NO2. The summed E-state index contributed by atoms with van der Waals surface area (Å²) in [7, 11) is 0. The quantitative estimate of drug-likeness (QED) is 0.532. The van der Waals surface area contributed by atoms with Crippen LogP contribution in [0.1, 0.15) is 23.6 Å². The van der Waals surface area contributed by atoms with Gasteiger partial charge in [-0.2, -0.15) is 0 Å². The van der Waals surface area contributed by atoms with Crippen molar-refractivity contribution < 1.29 is 4.92 Å². The van der Waals surface area contributed by atoms with E-state index in [2.05, 4.69) is 0 Å². The maximum Gasteiger partial charge on any atom is 0.243 e. The Labute approximate surface area is 83.2 Å². The van der Waals surface area contributed by atoms with E-state index in [0.717, 1.165) is 16.7 Å². The van der Waals surface area contributed by atoms with Gasteiger partial charge in [0.2, 0.25) is 5.70 Å². The molecule has 0 radical (unpaired) electrons. The highest BCUT2D eigenvalue weighted by atomic mass is 16.6. The molecule has 3 heteroatoms. The zero-order valence-electron chi connectivity index (χ0n) is 8.57. The van der Waals surface area contributed by atoms with Crippen molar-refractivity contribution in [1.29, 1.82) is 0 Å². The van der Waals surface area contributed by atoms with Crippen molar-refractivity contribution in [2.75, 3.05) is 0 Å². The van der Waals surface area contributed by atoms with E-state index in [-0.39, 0.29) is 10.6 Å². The molecule has 0 aliphatic rings. The Kier molecular flexibility index (Phi) is 3.02. The third kappa shape index (κ3) is 2.19. The minimum absolute atomic E-state index is 0.165. The number of benzene rings is 1. The van der Waals surface area contributed by atoms with Crippen molar-refractivity contribution in [3.05, 3.63) is 50.7 Å². The summed E-state index contributed by atoms with van der Waals surface area (Å²) in [5, 5.41) is 10.4. The molecule has 0 saturated heterocycles. The number of hydrogen-bond acceptors (Lipinski definition) is 2. The second kappa shape index (κ2) is 4.05. The van der Waals surface area contributed by atoms with E-state index in [0.29, 0.717) is 0 Å². The summed E-state index contributed by atoms with van der Waals surface area (Å²) in [6, 6.07) is 5.78. The Bertz CT molecular complexity index is 394. The molecule has 1 aromatic rings. The van der Waals surface area contributed by atoms with E-state index in [4.69, 9.17) is 0 Å². The SMILES string of the molecule is C/C(=C\c1cccc(C)c1C)[N+](=O)[O-]. The summed E-state index contributed by atoms with van der Waals surface area (Å²) in [6.45, 7) is 5.46. The highest BCUT2D eigenvalue weighted by Gasteiger charge is 2.04. The summed E-state index contributed by atoms with van der Waals surface area (Å²) < 4.78 is 0. The summed E-state index contributed by atoms with van der Waals surface area (Å²) in [5.41, 5.74) is 3.32. The predicted octanol–water partition coefficient (Wildman–Crippen LogP) is 2.94. The summed E-state index contributed by atoms with van der Waals surface area (Å²) in [6.07, 6.45) is 1.60. The minimum Gasteiger partial charge on any atom is -0.259 e. The first-order valence-corrected chi connectivity index (χ1v) is 4.41. The van der Waals surface area contributed by atoms with Crippen molar-refractivity contribution >= 4 is 6.08 Å². The molecule has 14 heavy (non-hydrogen) atoms. The molecule has 0 aromatic heterocycles. The van der Waals surface area contributed by atoms with Gasteiger partial charge in [-0.3, -0.25) is 10.1 Å². The van der Waals surface area contributed by atoms with Gasteiger partial charge in [0.1, 0.15) is 0 Å². The monoisotopic (exact) mass is 191 g/mol. The molecule has 0 unspecified atom stereocenters. The van der Waals surface area contributed by atoms with Crippen LogP contribution in [0.15, 0.2) is 23.9 Å². The molecule has 0 N–H and O–H groups in total. The van der Waals surface area contributed by atoms with Crippen LogP contribution >= 0.6 is 0 Å². The van der Waals surface area contributed by atoms with Crippen LogP contribution in [0.2, 0.25) is 0 Å². The molecular weight excluding hydrogens is 178 g/mol. The molecule has 1 rings (SSSR count). The molecule has 0 amide bonds. The van der Waals surface area contributed by atoms with Crippen LogP contribution in [0.5, 0.6) is 0 Å². The fraction of sp³-hybridized carbons (Fsp3) is 0.273. The van der Waals surface area contributed by atoms with Crippen LogP contribution < -0.4 is 0 Å². The lowest BCUT2D eigenvalue weighted by molar-refractivity contribution is -0.422. The maximum absolute atomic E-state index is 10.4. The smallest absolute Gasteiger partial charge is 0.243 e. The summed E-state index contributed by atoms with van der Waals surface area (Å²) >= 11 is 0. The van der Waals surface area contributed by atoms with Crippen LogP contribution in [-0.4, -0.2) is 4.92 Å². The van der Waals surface area contributed by atoms with Gasteiger partial charge in [-0.25, -0.2) is 0 Å². The lowest BCUT2D eigenvalue weighted by Gasteiger charge is -2.03. The molecule has 0 aliphatic heterocycles. The summed E-state index contributed by atoms with van der Waals surface area (Å²) in [5.74, 6) is 0. The average molecular weight is 191 g/mol. The van der Waals surface area contributed by atoms with Crippen molar-refractivity contribution in [3.63, 3.8) is 0 Å². The van der Waals surface area contributed by atoms with Crippen molar-refractivity contribution in [3.8, 4) is 0 Å². The Morgan fingerprint density at radius 1 is 1.43 bits per heavy atom. The number of allylic oxidation sites excluding steroid dienone is 1. The van der Waals surface area contributed by atoms with Gasteiger partial charge >= 0.3 is 0 Å². The van der Waals surface area contributed by atoms with Gasteiger partial charge in [0, 0.05) is 13.0 Å². The first kappa shape index (κ1) is 10.4. The first-order chi connectivity index (χ1) is 6.52. The number of rotatable bonds is 2. The number of aryl methyl sites for hydroxylation is 1. The molecule has 0 spiro atoms. The number of nitrogens with zero attached hydrogens (tertiary/aromatic N) is 1. The maximum atomic E-state index is 10.4. The van der Waals surface area contributed by atoms with Crippen LogP contribution in [0.4, 0.5) is 0 Å². The van der Waals surface area contributed by atoms with Crippen LogP contribution in [0.25, 0.3) is 6.08 Å². The van der Waals surface area contributed by atoms with Gasteiger partial charge in [0.15, 0.2) is 0 Å². The van der Waals surface area contributed by atoms with Crippen molar-refractivity contribution in [2.45, 2.75) is 20.8 Å². The lowest BCUT2D eigenvalue weighted by Crippen LogP contribution is -1.94. The van der Waals surface area contributed by atoms with Gasteiger partial charge in [-0.1, -0.05) is 18.2 Å². The van der Waals surface area contributed by atoms with Gasteiger partial charge < -0.3 is 0 Å². The second-order valence-electron chi connectivity index (χ2n) is 3.33. The van der Waals surface area contributed by atoms with E-state index in [9.17, 15) is 10.1 Å². The molecule has 0 heterocycles. The predicted molar refractivity (Wildman–Crippen MR) is 56.6 cm³/mol. The number of nitro groups is 1. The van der Waals surface area contributed by atoms with Crippen LogP contribution in [0.3, 0.4) is 0 Å². The van der Waals surface area contributed by atoms with Gasteiger partial charge in [-0.15, -0.1) is 0 Å². The fourth-order valence-electron chi connectivity index (χ4n) is 1.21. The first-order valence-electron chi connectivity index (χ1n) is 4.41. The molecule has 0 atom stereocenters. The van der Waals surface area contributed by atoms with Gasteiger partial charge in [-0.05, 0) is 30.5 Å². The third-order valence-electron chi connectivity index (χ3n) is 2.30. The van der Waals surface area contributed by atoms with Crippen LogP contribution in [0, 0.1) is 24.0 Å². The molecule has 1 aromatic carbocycles. The van der Waals surface area contributed by atoms with Crippen LogP contribution in [-0.2, 0) is 0 Å². The standard InChI is InChI=1S/C11H13NO2/c1-8-5-4-6-11(10(8)3)7-9(2)12(13)14/h4-7H,1-3H3/b9-7+. The highest BCUT2D eigenvalue weighted by molar-refractivity contribution is 5.56. The van der Waals surface area contributed by atoms with E-state index in [1.807, 2.05) is 32.0 Å². The summed E-state index contributed by atoms with van der Waals surface area (Å²) in [4.78, 5) is 10.1. The largest absolute Gasteiger partial charge is 0.259 e. The Hall–Kier alpha value is -1.64. The fourth-order valence-corrected chi connectivity index (χ4v) is 1.21. The highest BCUT2D eigenvalue weighted by Crippen LogP contribution is 2.15. The van der Waals surface area contributed by atoms with E-state index >= 15 is 0 Å². The van der Waals surface area contributed by atoms with Gasteiger partial charge in [0.25, 0.3) is 0 Å². The topological polar surface area (TPSA) is 43.1 Å². The zero-order valence-corrected chi connectivity index (χ0v) is 8.57. The van der Waals surface area contributed by atoms with E-state index in [1.54, 1.807) is 6.08 Å². The zero-order chi connectivity index (χ0) is 10.7. The molecule has 0 saturated carbocycles. The van der Waals surface area contributed by atoms with E-state index in [1.165, 1.54) is 6.92 Å². The number of hydrogen-bond donors (Lipinski definition) is 0. The normalized spacial score (nSPS) is 11.5. The molecule has 0 aliphatic carbocycles. The molecule has 74 valence electrons. The average Bonchev–Trinajstić information content (AvgIpc) is 2.12. The minimum atomic E-state index is -0.373. The van der Waals surface area contributed by atoms with Crippen molar-refractivity contribution in [1.82, 2.24) is 0 Å². The Morgan fingerprint density at radius 2 is 2.07 bits per heavy atom. The molecule has 3 nitrogen and oxygen atoms in total. The Balaban J connectivity index is 3.15. The van der Waals surface area contributed by atoms with Gasteiger partial charge in [0.05, 0.1) is 4.92 Å². The lowest BCUT2D eigenvalue weighted by atomic mass is 10.0. The molecule has 0 fully saturated rings. The Morgan fingerprint density at radius 3 is 2.64 bits per heavy atom. The molecule has 0 bridgehead atoms. The van der Waals surface area contributed by atoms with Crippen molar-refractivity contribution in [2.24, 2.45) is 0 Å². The third-order valence-corrected chi connectivity index (χ3v) is 2.30. The second-order valence-corrected chi connectivity index (χ2v) is 3.33. The van der Waals surface area contributed by atoms with E-state index < -0.39 is 0 Å².